The lowest BCUT2D eigenvalue weighted by Crippen LogP contribution is -2.03. The van der Waals surface area contributed by atoms with E-state index in [-0.39, 0.29) is 6.42 Å². The van der Waals surface area contributed by atoms with Crippen molar-refractivity contribution in [2.45, 2.75) is 13.3 Å². The molecule has 0 aliphatic heterocycles. The van der Waals surface area contributed by atoms with E-state index in [0.29, 0.717) is 11.5 Å². The van der Waals surface area contributed by atoms with Gasteiger partial charge in [-0.3, -0.25) is 4.79 Å². The summed E-state index contributed by atoms with van der Waals surface area (Å²) in [6.07, 6.45) is -0.0170. The highest BCUT2D eigenvalue weighted by molar-refractivity contribution is 7.10. The zero-order valence-corrected chi connectivity index (χ0v) is 9.77. The van der Waals surface area contributed by atoms with Gasteiger partial charge in [-0.1, -0.05) is 6.07 Å². The Labute approximate surface area is 90.5 Å². The molecule has 0 saturated carbocycles. The molecule has 4 nitrogen and oxygen atoms in total. The van der Waals surface area contributed by atoms with Crippen molar-refractivity contribution in [3.63, 3.8) is 0 Å². The molecule has 1 aromatic carbocycles. The molecule has 5 heteroatoms. The fraction of sp³-hybridized carbons (Fsp3) is 0.300. The molecule has 1 rings (SSSR count). The van der Waals surface area contributed by atoms with Crippen molar-refractivity contribution >= 4 is 15.4 Å². The third kappa shape index (κ3) is 2.60. The van der Waals surface area contributed by atoms with Crippen LogP contribution in [0, 0.1) is 6.92 Å². The van der Waals surface area contributed by atoms with E-state index < -0.39 is 5.97 Å². The lowest BCUT2D eigenvalue weighted by molar-refractivity contribution is -0.136. The van der Waals surface area contributed by atoms with Gasteiger partial charge in [-0.05, 0) is 24.1 Å². The number of hydrogen-bond donors (Lipinski definition) is 1. The maximum atomic E-state index is 10.6. The molecule has 0 radical (unpaired) electrons. The lowest BCUT2D eigenvalue weighted by atomic mass is 10.0. The largest absolute Gasteiger partial charge is 0.493 e. The highest BCUT2D eigenvalue weighted by Crippen LogP contribution is 2.34. The van der Waals surface area contributed by atoms with Gasteiger partial charge in [0.2, 0.25) is 0 Å². The summed E-state index contributed by atoms with van der Waals surface area (Å²) in [5.74, 6) is 0.288. The van der Waals surface area contributed by atoms with Gasteiger partial charge in [-0.25, -0.2) is 0 Å². The minimum atomic E-state index is -0.863. The number of methoxy groups -OCH3 is 1. The van der Waals surface area contributed by atoms with Crippen molar-refractivity contribution in [2.75, 3.05) is 7.11 Å². The predicted octanol–water partition coefficient (Wildman–Crippen LogP) is 1.80. The first-order chi connectivity index (χ1) is 7.10. The number of benzene rings is 1. The number of carboxylic acid groups (broad SMARTS) is 1. The Kier molecular flexibility index (Phi) is 3.92. The Hall–Kier alpha value is -1.28. The van der Waals surface area contributed by atoms with E-state index in [4.69, 9.17) is 14.4 Å². The van der Waals surface area contributed by atoms with Gasteiger partial charge >= 0.3 is 5.97 Å². The van der Waals surface area contributed by atoms with E-state index >= 15 is 0 Å². The van der Waals surface area contributed by atoms with Crippen molar-refractivity contribution in [1.29, 1.82) is 0 Å². The molecule has 0 amide bonds. The Bertz CT molecular complexity index is 376. The number of rotatable bonds is 4. The number of carboxylic acids is 1. The van der Waals surface area contributed by atoms with Crippen LogP contribution >= 0.6 is 9.47 Å². The first-order valence-electron chi connectivity index (χ1n) is 4.35. The van der Waals surface area contributed by atoms with E-state index in [1.165, 1.54) is 0 Å². The van der Waals surface area contributed by atoms with E-state index in [2.05, 4.69) is 9.47 Å². The van der Waals surface area contributed by atoms with Gasteiger partial charge in [0, 0.05) is 0 Å². The third-order valence-corrected chi connectivity index (χ3v) is 2.40. The summed E-state index contributed by atoms with van der Waals surface area (Å²) in [5.41, 5.74) is 1.51. The molecule has 0 bridgehead atoms. The number of aliphatic carboxylic acids is 1. The lowest BCUT2D eigenvalue weighted by Gasteiger charge is -2.12. The van der Waals surface area contributed by atoms with E-state index in [1.54, 1.807) is 26.2 Å². The average Bonchev–Trinajstić information content (AvgIpc) is 2.20. The van der Waals surface area contributed by atoms with Crippen LogP contribution in [0.1, 0.15) is 11.1 Å². The molecule has 1 unspecified atom stereocenters. The highest BCUT2D eigenvalue weighted by atomic mass is 31.0. The van der Waals surface area contributed by atoms with E-state index in [0.717, 1.165) is 11.1 Å². The summed E-state index contributed by atoms with van der Waals surface area (Å²) in [7, 11) is 3.67. The fourth-order valence-electron chi connectivity index (χ4n) is 1.37. The zero-order chi connectivity index (χ0) is 11.4. The summed E-state index contributed by atoms with van der Waals surface area (Å²) >= 11 is 0. The van der Waals surface area contributed by atoms with Gasteiger partial charge in [0.25, 0.3) is 0 Å². The molecule has 1 aromatic rings. The van der Waals surface area contributed by atoms with Gasteiger partial charge in [-0.2, -0.15) is 0 Å². The van der Waals surface area contributed by atoms with Gasteiger partial charge in [0.15, 0.2) is 11.5 Å². The second-order valence-corrected chi connectivity index (χ2v) is 3.31. The SMILES string of the molecule is COc1ccc(CC(=O)O)c(C)c1OP. The van der Waals surface area contributed by atoms with Gasteiger partial charge < -0.3 is 14.4 Å². The summed E-state index contributed by atoms with van der Waals surface area (Å²) in [4.78, 5) is 10.6. The fourth-order valence-corrected chi connectivity index (χ4v) is 1.66. The molecular weight excluding hydrogens is 215 g/mol. The summed E-state index contributed by atoms with van der Waals surface area (Å²) in [6.45, 7) is 1.81. The molecule has 1 N–H and O–H groups in total. The average molecular weight is 228 g/mol. The van der Waals surface area contributed by atoms with Gasteiger partial charge in [0.05, 0.1) is 23.0 Å². The van der Waals surface area contributed by atoms with Crippen LogP contribution in [0.3, 0.4) is 0 Å². The predicted molar refractivity (Wildman–Crippen MR) is 59.4 cm³/mol. The molecule has 0 aromatic heterocycles. The normalized spacial score (nSPS) is 9.80. The first kappa shape index (κ1) is 11.8. The second kappa shape index (κ2) is 4.99. The molecule has 0 fully saturated rings. The van der Waals surface area contributed by atoms with Crippen LogP contribution in [-0.4, -0.2) is 18.2 Å². The third-order valence-electron chi connectivity index (χ3n) is 2.16. The van der Waals surface area contributed by atoms with Crippen molar-refractivity contribution in [3.8, 4) is 11.5 Å². The van der Waals surface area contributed by atoms with Crippen LogP contribution < -0.4 is 9.26 Å². The Morgan fingerprint density at radius 2 is 2.20 bits per heavy atom. The van der Waals surface area contributed by atoms with Crippen LogP contribution in [0.5, 0.6) is 11.5 Å². The monoisotopic (exact) mass is 228 g/mol. The maximum absolute atomic E-state index is 10.6. The topological polar surface area (TPSA) is 55.8 Å². The smallest absolute Gasteiger partial charge is 0.307 e. The quantitative estimate of drug-likeness (QED) is 0.798. The van der Waals surface area contributed by atoms with E-state index in [1.807, 2.05) is 0 Å². The Morgan fingerprint density at radius 1 is 1.53 bits per heavy atom. The molecule has 0 heterocycles. The van der Waals surface area contributed by atoms with Crippen molar-refractivity contribution < 1.29 is 19.2 Å². The second-order valence-electron chi connectivity index (χ2n) is 3.07. The molecule has 0 saturated heterocycles. The van der Waals surface area contributed by atoms with Crippen LogP contribution in [0.25, 0.3) is 0 Å². The molecule has 0 spiro atoms. The first-order valence-corrected chi connectivity index (χ1v) is 4.82. The molecule has 0 aliphatic carbocycles. The summed E-state index contributed by atoms with van der Waals surface area (Å²) < 4.78 is 10.2. The van der Waals surface area contributed by atoms with Crippen molar-refractivity contribution in [3.05, 3.63) is 23.3 Å². The van der Waals surface area contributed by atoms with Crippen molar-refractivity contribution in [2.24, 2.45) is 0 Å². The summed E-state index contributed by atoms with van der Waals surface area (Å²) in [6, 6.07) is 3.43. The molecule has 0 aliphatic rings. The van der Waals surface area contributed by atoms with Crippen LogP contribution in [-0.2, 0) is 11.2 Å². The minimum Gasteiger partial charge on any atom is -0.493 e. The maximum Gasteiger partial charge on any atom is 0.307 e. The van der Waals surface area contributed by atoms with Gasteiger partial charge in [0.1, 0.15) is 0 Å². The van der Waals surface area contributed by atoms with Crippen LogP contribution in [0.4, 0.5) is 0 Å². The number of ether oxygens (including phenoxy) is 1. The van der Waals surface area contributed by atoms with Crippen LogP contribution in [0.15, 0.2) is 12.1 Å². The number of carbonyl (C=O) groups is 1. The molecular formula is C10H13O4P. The Balaban J connectivity index is 3.16. The highest BCUT2D eigenvalue weighted by Gasteiger charge is 2.12. The molecule has 1 atom stereocenters. The summed E-state index contributed by atoms with van der Waals surface area (Å²) in [5, 5.41) is 8.70. The molecule has 82 valence electrons. The van der Waals surface area contributed by atoms with Crippen LogP contribution in [0.2, 0.25) is 0 Å². The zero-order valence-electron chi connectivity index (χ0n) is 8.61. The minimum absolute atomic E-state index is 0.0170. The standard InChI is InChI=1S/C10H13O4P/c1-6-7(5-9(11)12)3-4-8(13-2)10(6)14-15/h3-4H,5,15H2,1-2H3,(H,11,12). The van der Waals surface area contributed by atoms with E-state index in [9.17, 15) is 4.79 Å². The van der Waals surface area contributed by atoms with Gasteiger partial charge in [-0.15, -0.1) is 0 Å². The van der Waals surface area contributed by atoms with Crippen molar-refractivity contribution in [1.82, 2.24) is 0 Å². The molecule has 15 heavy (non-hydrogen) atoms. The Morgan fingerprint density at radius 3 is 2.67 bits per heavy atom. The number of hydrogen-bond acceptors (Lipinski definition) is 3.